The second-order valence-electron chi connectivity index (χ2n) is 7.71. The van der Waals surface area contributed by atoms with Crippen LogP contribution in [0, 0.1) is 11.8 Å². The molecule has 1 atom stereocenters. The molecule has 1 aliphatic carbocycles. The van der Waals surface area contributed by atoms with Crippen molar-refractivity contribution in [3.8, 4) is 0 Å². The molecule has 0 aromatic heterocycles. The van der Waals surface area contributed by atoms with E-state index in [0.29, 0.717) is 12.5 Å². The zero-order valence-electron chi connectivity index (χ0n) is 15.8. The SMILES string of the molecule is CCOC(=O)C1CCC(OC(N2CCCC2)N2CC(COC)C2)CC1. The van der Waals surface area contributed by atoms with Gasteiger partial charge in [-0.2, -0.15) is 0 Å². The lowest BCUT2D eigenvalue weighted by Gasteiger charge is -2.48. The van der Waals surface area contributed by atoms with Crippen molar-refractivity contribution in [2.24, 2.45) is 11.8 Å². The molecule has 0 amide bonds. The van der Waals surface area contributed by atoms with Crippen LogP contribution in [0.15, 0.2) is 0 Å². The normalized spacial score (nSPS) is 30.2. The van der Waals surface area contributed by atoms with E-state index in [2.05, 4.69) is 9.80 Å². The zero-order chi connectivity index (χ0) is 17.6. The molecule has 0 N–H and O–H groups in total. The largest absolute Gasteiger partial charge is 0.466 e. The van der Waals surface area contributed by atoms with Crippen LogP contribution in [0.2, 0.25) is 0 Å². The third-order valence-electron chi connectivity index (χ3n) is 5.76. The first-order valence-corrected chi connectivity index (χ1v) is 10.0. The fourth-order valence-corrected chi connectivity index (χ4v) is 4.36. The zero-order valence-corrected chi connectivity index (χ0v) is 15.8. The topological polar surface area (TPSA) is 51.2 Å². The molecule has 2 saturated heterocycles. The Morgan fingerprint density at radius 2 is 1.76 bits per heavy atom. The molecular formula is C19H34N2O4. The molecule has 144 valence electrons. The van der Waals surface area contributed by atoms with Gasteiger partial charge in [-0.25, -0.2) is 0 Å². The summed E-state index contributed by atoms with van der Waals surface area (Å²) in [7, 11) is 1.78. The number of esters is 1. The van der Waals surface area contributed by atoms with Crippen molar-refractivity contribution in [3.63, 3.8) is 0 Å². The van der Waals surface area contributed by atoms with Gasteiger partial charge < -0.3 is 14.2 Å². The highest BCUT2D eigenvalue weighted by molar-refractivity contribution is 5.72. The Morgan fingerprint density at radius 3 is 2.36 bits per heavy atom. The van der Waals surface area contributed by atoms with Gasteiger partial charge in [0.15, 0.2) is 6.35 Å². The fraction of sp³-hybridized carbons (Fsp3) is 0.947. The number of nitrogens with zero attached hydrogens (tertiary/aromatic N) is 2. The van der Waals surface area contributed by atoms with Crippen LogP contribution in [-0.2, 0) is 19.0 Å². The van der Waals surface area contributed by atoms with Crippen molar-refractivity contribution in [1.82, 2.24) is 9.80 Å². The van der Waals surface area contributed by atoms with Crippen LogP contribution in [0.1, 0.15) is 45.4 Å². The van der Waals surface area contributed by atoms with E-state index in [0.717, 1.165) is 58.5 Å². The van der Waals surface area contributed by atoms with Gasteiger partial charge in [-0.3, -0.25) is 14.6 Å². The highest BCUT2D eigenvalue weighted by atomic mass is 16.5. The van der Waals surface area contributed by atoms with Gasteiger partial charge in [-0.1, -0.05) is 0 Å². The number of carbonyl (C=O) groups is 1. The Balaban J connectivity index is 1.48. The summed E-state index contributed by atoms with van der Waals surface area (Å²) in [6.07, 6.45) is 6.62. The van der Waals surface area contributed by atoms with E-state index >= 15 is 0 Å². The molecule has 0 aromatic rings. The van der Waals surface area contributed by atoms with Gasteiger partial charge >= 0.3 is 5.97 Å². The number of hydrogen-bond acceptors (Lipinski definition) is 6. The molecule has 25 heavy (non-hydrogen) atoms. The number of ether oxygens (including phenoxy) is 3. The number of carbonyl (C=O) groups excluding carboxylic acids is 1. The second-order valence-corrected chi connectivity index (χ2v) is 7.71. The van der Waals surface area contributed by atoms with Crippen LogP contribution in [-0.4, -0.2) is 74.7 Å². The standard InChI is InChI=1S/C19H34N2O4/c1-3-24-18(22)16-6-8-17(9-7-16)25-19(20-10-4-5-11-20)21-12-15(13-21)14-23-2/h15-17,19H,3-14H2,1-2H3. The van der Waals surface area contributed by atoms with Gasteiger partial charge in [-0.05, 0) is 45.4 Å². The Labute approximate surface area is 151 Å². The Bertz CT molecular complexity index is 414. The minimum Gasteiger partial charge on any atom is -0.466 e. The average Bonchev–Trinajstić information content (AvgIpc) is 3.11. The van der Waals surface area contributed by atoms with Gasteiger partial charge in [0, 0.05) is 39.2 Å². The van der Waals surface area contributed by atoms with Gasteiger partial charge in [0.05, 0.1) is 25.2 Å². The predicted octanol–water partition coefficient (Wildman–Crippen LogP) is 2.08. The number of hydrogen-bond donors (Lipinski definition) is 0. The molecule has 0 spiro atoms. The molecular weight excluding hydrogens is 320 g/mol. The van der Waals surface area contributed by atoms with Crippen LogP contribution >= 0.6 is 0 Å². The summed E-state index contributed by atoms with van der Waals surface area (Å²) in [6.45, 7) is 7.58. The van der Waals surface area contributed by atoms with Crippen molar-refractivity contribution in [2.45, 2.75) is 57.9 Å². The third kappa shape index (κ3) is 4.94. The van der Waals surface area contributed by atoms with E-state index in [9.17, 15) is 4.79 Å². The summed E-state index contributed by atoms with van der Waals surface area (Å²) >= 11 is 0. The van der Waals surface area contributed by atoms with E-state index in [1.165, 1.54) is 12.8 Å². The molecule has 3 rings (SSSR count). The molecule has 1 unspecified atom stereocenters. The van der Waals surface area contributed by atoms with Crippen LogP contribution in [0.4, 0.5) is 0 Å². The summed E-state index contributed by atoms with van der Waals surface area (Å²) in [5, 5.41) is 0. The molecule has 3 fully saturated rings. The minimum atomic E-state index is -0.0257. The molecule has 0 bridgehead atoms. The Hall–Kier alpha value is -0.690. The van der Waals surface area contributed by atoms with E-state index in [1.54, 1.807) is 7.11 Å². The van der Waals surface area contributed by atoms with Crippen molar-refractivity contribution < 1.29 is 19.0 Å². The maximum Gasteiger partial charge on any atom is 0.308 e. The molecule has 3 aliphatic rings. The maximum absolute atomic E-state index is 11.9. The summed E-state index contributed by atoms with van der Waals surface area (Å²) in [5.41, 5.74) is 0. The van der Waals surface area contributed by atoms with Crippen LogP contribution in [0.5, 0.6) is 0 Å². The van der Waals surface area contributed by atoms with Gasteiger partial charge in [0.2, 0.25) is 0 Å². The first-order chi connectivity index (χ1) is 12.2. The molecule has 0 radical (unpaired) electrons. The fourth-order valence-electron chi connectivity index (χ4n) is 4.36. The summed E-state index contributed by atoms with van der Waals surface area (Å²) in [6, 6.07) is 0. The van der Waals surface area contributed by atoms with E-state index < -0.39 is 0 Å². The number of rotatable bonds is 8. The number of likely N-dealkylation sites (tertiary alicyclic amines) is 2. The predicted molar refractivity (Wildman–Crippen MR) is 95.0 cm³/mol. The monoisotopic (exact) mass is 354 g/mol. The first kappa shape index (κ1) is 19.1. The van der Waals surface area contributed by atoms with Crippen molar-refractivity contribution >= 4 is 5.97 Å². The number of methoxy groups -OCH3 is 1. The lowest BCUT2D eigenvalue weighted by Crippen LogP contribution is -2.60. The molecule has 2 heterocycles. The average molecular weight is 354 g/mol. The summed E-state index contributed by atoms with van der Waals surface area (Å²) < 4.78 is 17.0. The molecule has 6 heteroatoms. The molecule has 6 nitrogen and oxygen atoms in total. The van der Waals surface area contributed by atoms with Crippen LogP contribution < -0.4 is 0 Å². The minimum absolute atomic E-state index is 0.0257. The van der Waals surface area contributed by atoms with E-state index in [1.807, 2.05) is 6.92 Å². The van der Waals surface area contributed by atoms with Crippen molar-refractivity contribution in [3.05, 3.63) is 0 Å². The highest BCUT2D eigenvalue weighted by Crippen LogP contribution is 2.31. The van der Waals surface area contributed by atoms with Crippen LogP contribution in [0.3, 0.4) is 0 Å². The lowest BCUT2D eigenvalue weighted by molar-refractivity contribution is -0.213. The highest BCUT2D eigenvalue weighted by Gasteiger charge is 2.39. The molecule has 1 saturated carbocycles. The quantitative estimate of drug-likeness (QED) is 0.622. The van der Waals surface area contributed by atoms with Crippen molar-refractivity contribution in [2.75, 3.05) is 46.5 Å². The Morgan fingerprint density at radius 1 is 1.08 bits per heavy atom. The van der Waals surface area contributed by atoms with Gasteiger partial charge in [-0.15, -0.1) is 0 Å². The van der Waals surface area contributed by atoms with E-state index in [-0.39, 0.29) is 24.3 Å². The third-order valence-corrected chi connectivity index (χ3v) is 5.76. The smallest absolute Gasteiger partial charge is 0.308 e. The van der Waals surface area contributed by atoms with Gasteiger partial charge in [0.1, 0.15) is 0 Å². The van der Waals surface area contributed by atoms with Gasteiger partial charge in [0.25, 0.3) is 0 Å². The van der Waals surface area contributed by atoms with E-state index in [4.69, 9.17) is 14.2 Å². The lowest BCUT2D eigenvalue weighted by atomic mass is 9.87. The Kier molecular flexibility index (Phi) is 7.10. The molecule has 0 aromatic carbocycles. The molecule has 2 aliphatic heterocycles. The van der Waals surface area contributed by atoms with Crippen LogP contribution in [0.25, 0.3) is 0 Å². The maximum atomic E-state index is 11.9. The second kappa shape index (κ2) is 9.31. The first-order valence-electron chi connectivity index (χ1n) is 10.0. The summed E-state index contributed by atoms with van der Waals surface area (Å²) in [4.78, 5) is 16.8. The summed E-state index contributed by atoms with van der Waals surface area (Å²) in [5.74, 6) is 0.681. The van der Waals surface area contributed by atoms with Crippen molar-refractivity contribution in [1.29, 1.82) is 0 Å².